The molecule has 1 N–H and O–H groups in total. The smallest absolute Gasteiger partial charge is 0.261 e. The van der Waals surface area contributed by atoms with E-state index in [1.165, 1.54) is 24.0 Å². The van der Waals surface area contributed by atoms with Crippen LogP contribution in [-0.2, 0) is 11.5 Å². The van der Waals surface area contributed by atoms with Gasteiger partial charge in [-0.25, -0.2) is 0 Å². The zero-order valence-electron chi connectivity index (χ0n) is 15.0. The molecule has 3 aromatic rings. The summed E-state index contributed by atoms with van der Waals surface area (Å²) < 4.78 is 10.4. The molecule has 3 rings (SSSR count). The fourth-order valence-corrected chi connectivity index (χ4v) is 4.12. The Labute approximate surface area is 165 Å². The van der Waals surface area contributed by atoms with Crippen LogP contribution in [0.3, 0.4) is 0 Å². The molecule has 0 aliphatic heterocycles. The summed E-state index contributed by atoms with van der Waals surface area (Å²) in [5, 5.41) is 12.3. The number of nitrogens with one attached hydrogen (secondary N) is 1. The van der Waals surface area contributed by atoms with Gasteiger partial charge in [0.05, 0.1) is 19.8 Å². The Balaban J connectivity index is 1.58. The highest BCUT2D eigenvalue weighted by atomic mass is 32.2. The number of carbonyl (C=O) groups is 1. The van der Waals surface area contributed by atoms with Crippen LogP contribution in [0.5, 0.6) is 11.5 Å². The maximum atomic E-state index is 12.5. The zero-order valence-corrected chi connectivity index (χ0v) is 16.6. The van der Waals surface area contributed by atoms with Crippen molar-refractivity contribution in [2.45, 2.75) is 11.5 Å². The molecule has 0 saturated carbocycles. The first kappa shape index (κ1) is 19.2. The van der Waals surface area contributed by atoms with E-state index >= 15 is 0 Å². The van der Waals surface area contributed by atoms with Gasteiger partial charge in [-0.05, 0) is 17.7 Å². The molecule has 0 unspecified atom stereocenters. The van der Waals surface area contributed by atoms with Gasteiger partial charge in [0.1, 0.15) is 16.5 Å². The zero-order chi connectivity index (χ0) is 19.1. The van der Waals surface area contributed by atoms with Crippen molar-refractivity contribution in [2.75, 3.05) is 19.5 Å². The molecule has 0 aliphatic rings. The minimum absolute atomic E-state index is 0.297. The molecule has 140 valence electrons. The third kappa shape index (κ3) is 5.21. The van der Waals surface area contributed by atoms with Gasteiger partial charge in [0, 0.05) is 17.6 Å². The van der Waals surface area contributed by atoms with Crippen LogP contribution in [0, 0.1) is 0 Å². The average molecular weight is 402 g/mol. The second-order valence-electron chi connectivity index (χ2n) is 5.50. The number of methoxy groups -OCH3 is 2. The summed E-state index contributed by atoms with van der Waals surface area (Å²) in [6.07, 6.45) is 0. The largest absolute Gasteiger partial charge is 0.497 e. The number of amides is 1. The summed E-state index contributed by atoms with van der Waals surface area (Å²) in [5.41, 5.74) is 1.68. The number of anilines is 1. The van der Waals surface area contributed by atoms with Crippen LogP contribution < -0.4 is 14.8 Å². The van der Waals surface area contributed by atoms with Crippen LogP contribution in [0.1, 0.15) is 20.9 Å². The number of aromatic nitrogens is 2. The fraction of sp³-hybridized carbons (Fsp3) is 0.211. The predicted octanol–water partition coefficient (Wildman–Crippen LogP) is 4.24. The maximum absolute atomic E-state index is 12.5. The monoisotopic (exact) mass is 401 g/mol. The Hall–Kier alpha value is -2.58. The van der Waals surface area contributed by atoms with Crippen molar-refractivity contribution in [1.29, 1.82) is 0 Å². The van der Waals surface area contributed by atoms with Gasteiger partial charge < -0.3 is 9.47 Å². The quantitative estimate of drug-likeness (QED) is 0.609. The minimum Gasteiger partial charge on any atom is -0.497 e. The van der Waals surface area contributed by atoms with E-state index in [2.05, 4.69) is 27.6 Å². The topological polar surface area (TPSA) is 73.3 Å². The van der Waals surface area contributed by atoms with Crippen molar-refractivity contribution in [1.82, 2.24) is 10.2 Å². The summed E-state index contributed by atoms with van der Waals surface area (Å²) in [4.78, 5) is 12.5. The van der Waals surface area contributed by atoms with Crippen LogP contribution >= 0.6 is 23.1 Å². The molecule has 0 fully saturated rings. The molecule has 2 aromatic carbocycles. The molecule has 0 atom stereocenters. The van der Waals surface area contributed by atoms with E-state index in [1.807, 2.05) is 18.2 Å². The van der Waals surface area contributed by atoms with Crippen LogP contribution in [0.15, 0.2) is 48.5 Å². The Morgan fingerprint density at radius 3 is 2.63 bits per heavy atom. The van der Waals surface area contributed by atoms with Crippen molar-refractivity contribution < 1.29 is 14.3 Å². The van der Waals surface area contributed by atoms with Crippen LogP contribution in [0.4, 0.5) is 5.13 Å². The van der Waals surface area contributed by atoms with Crippen molar-refractivity contribution in [3.05, 3.63) is 64.7 Å². The number of hydrogen-bond donors (Lipinski definition) is 1. The van der Waals surface area contributed by atoms with E-state index in [9.17, 15) is 4.79 Å². The van der Waals surface area contributed by atoms with Gasteiger partial charge in [0.15, 0.2) is 0 Å². The SMILES string of the molecule is COc1ccc(C(=O)Nc2nnc(CSCc3ccccc3)s2)c(OC)c1. The molecule has 8 heteroatoms. The summed E-state index contributed by atoms with van der Waals surface area (Å²) in [7, 11) is 3.08. The van der Waals surface area contributed by atoms with E-state index < -0.39 is 0 Å². The molecular weight excluding hydrogens is 382 g/mol. The summed E-state index contributed by atoms with van der Waals surface area (Å²) in [6.45, 7) is 0. The van der Waals surface area contributed by atoms with Crippen molar-refractivity contribution >= 4 is 34.1 Å². The molecule has 1 amide bonds. The normalized spacial score (nSPS) is 10.4. The number of benzene rings is 2. The first-order chi connectivity index (χ1) is 13.2. The van der Waals surface area contributed by atoms with Crippen molar-refractivity contribution in [3.8, 4) is 11.5 Å². The third-order valence-electron chi connectivity index (χ3n) is 3.68. The van der Waals surface area contributed by atoms with Gasteiger partial charge in [0.2, 0.25) is 5.13 Å². The number of hydrogen-bond acceptors (Lipinski definition) is 7. The van der Waals surface area contributed by atoms with Gasteiger partial charge in [-0.3, -0.25) is 10.1 Å². The highest BCUT2D eigenvalue weighted by Gasteiger charge is 2.15. The molecular formula is C19H19N3O3S2. The van der Waals surface area contributed by atoms with Gasteiger partial charge in [-0.2, -0.15) is 0 Å². The Morgan fingerprint density at radius 1 is 1.07 bits per heavy atom. The standard InChI is InChI=1S/C19H19N3O3S2/c1-24-14-8-9-15(16(10-14)25-2)18(23)20-19-22-21-17(27-19)12-26-11-13-6-4-3-5-7-13/h3-10H,11-12H2,1-2H3,(H,20,22,23). The first-order valence-electron chi connectivity index (χ1n) is 8.17. The second-order valence-corrected chi connectivity index (χ2v) is 7.55. The first-order valence-corrected chi connectivity index (χ1v) is 10.1. The Morgan fingerprint density at radius 2 is 1.89 bits per heavy atom. The molecule has 0 radical (unpaired) electrons. The number of rotatable bonds is 8. The lowest BCUT2D eigenvalue weighted by Gasteiger charge is -2.09. The molecule has 0 spiro atoms. The van der Waals surface area contributed by atoms with Gasteiger partial charge in [-0.1, -0.05) is 41.7 Å². The number of thioether (sulfide) groups is 1. The van der Waals surface area contributed by atoms with Crippen LogP contribution in [0.25, 0.3) is 0 Å². The molecule has 1 heterocycles. The average Bonchev–Trinajstić information content (AvgIpc) is 3.15. The van der Waals surface area contributed by atoms with Crippen LogP contribution in [-0.4, -0.2) is 30.3 Å². The van der Waals surface area contributed by atoms with E-state index in [-0.39, 0.29) is 5.91 Å². The highest BCUT2D eigenvalue weighted by molar-refractivity contribution is 7.97. The van der Waals surface area contributed by atoms with E-state index in [4.69, 9.17) is 9.47 Å². The number of nitrogens with zero attached hydrogens (tertiary/aromatic N) is 2. The van der Waals surface area contributed by atoms with Crippen molar-refractivity contribution in [2.24, 2.45) is 0 Å². The van der Waals surface area contributed by atoms with Crippen LogP contribution in [0.2, 0.25) is 0 Å². The van der Waals surface area contributed by atoms with E-state index in [0.717, 1.165) is 16.5 Å². The van der Waals surface area contributed by atoms with Gasteiger partial charge >= 0.3 is 0 Å². The number of carbonyl (C=O) groups excluding carboxylic acids is 1. The lowest BCUT2D eigenvalue weighted by atomic mass is 10.2. The summed E-state index contributed by atoms with van der Waals surface area (Å²) >= 11 is 3.13. The third-order valence-corrected chi connectivity index (χ3v) is 5.71. The summed E-state index contributed by atoms with van der Waals surface area (Å²) in [6, 6.07) is 15.3. The lowest BCUT2D eigenvalue weighted by molar-refractivity contribution is 0.102. The molecule has 0 saturated heterocycles. The Bertz CT molecular complexity index is 900. The summed E-state index contributed by atoms with van der Waals surface area (Å²) in [5.74, 6) is 2.42. The lowest BCUT2D eigenvalue weighted by Crippen LogP contribution is -2.13. The number of ether oxygens (including phenoxy) is 2. The molecule has 1 aromatic heterocycles. The minimum atomic E-state index is -0.297. The van der Waals surface area contributed by atoms with E-state index in [1.54, 1.807) is 37.1 Å². The van der Waals surface area contributed by atoms with Gasteiger partial charge in [-0.15, -0.1) is 22.0 Å². The molecule has 0 aliphatic carbocycles. The van der Waals surface area contributed by atoms with E-state index in [0.29, 0.717) is 22.2 Å². The second kappa shape index (κ2) is 9.38. The predicted molar refractivity (Wildman–Crippen MR) is 109 cm³/mol. The van der Waals surface area contributed by atoms with Crippen molar-refractivity contribution in [3.63, 3.8) is 0 Å². The Kier molecular flexibility index (Phi) is 6.67. The molecule has 0 bridgehead atoms. The fourth-order valence-electron chi connectivity index (χ4n) is 2.34. The van der Waals surface area contributed by atoms with Gasteiger partial charge in [0.25, 0.3) is 5.91 Å². The maximum Gasteiger partial charge on any atom is 0.261 e. The molecule has 27 heavy (non-hydrogen) atoms. The highest BCUT2D eigenvalue weighted by Crippen LogP contribution is 2.27. The molecule has 6 nitrogen and oxygen atoms in total.